The van der Waals surface area contributed by atoms with Crippen molar-refractivity contribution in [3.05, 3.63) is 57.0 Å². The average molecular weight is 407 g/mol. The van der Waals surface area contributed by atoms with Gasteiger partial charge in [-0.2, -0.15) is 0 Å². The van der Waals surface area contributed by atoms with E-state index in [9.17, 15) is 4.79 Å². The number of aryl methyl sites for hydroxylation is 2. The molecule has 2 aromatic heterocycles. The van der Waals surface area contributed by atoms with Crippen LogP contribution in [0, 0.1) is 13.8 Å². The van der Waals surface area contributed by atoms with Gasteiger partial charge >= 0.3 is 0 Å². The van der Waals surface area contributed by atoms with Crippen molar-refractivity contribution < 1.29 is 4.79 Å². The van der Waals surface area contributed by atoms with Crippen molar-refractivity contribution in [3.8, 4) is 5.69 Å². The molecule has 0 fully saturated rings. The van der Waals surface area contributed by atoms with Gasteiger partial charge < -0.3 is 4.90 Å². The molecular formula is C18H19ClN4OS2. The molecule has 0 N–H and O–H groups in total. The number of carbonyl (C=O) groups excluding carboxylic acids is 1. The van der Waals surface area contributed by atoms with Crippen LogP contribution < -0.4 is 0 Å². The molecular weight excluding hydrogens is 388 g/mol. The van der Waals surface area contributed by atoms with E-state index in [0.29, 0.717) is 17.5 Å². The Morgan fingerprint density at radius 1 is 1.19 bits per heavy atom. The van der Waals surface area contributed by atoms with Crippen LogP contribution in [-0.4, -0.2) is 38.4 Å². The van der Waals surface area contributed by atoms with Crippen molar-refractivity contribution in [1.29, 1.82) is 0 Å². The number of amides is 1. The van der Waals surface area contributed by atoms with Gasteiger partial charge in [-0.05, 0) is 38.1 Å². The molecule has 136 valence electrons. The van der Waals surface area contributed by atoms with E-state index in [2.05, 4.69) is 10.2 Å². The van der Waals surface area contributed by atoms with Gasteiger partial charge in [-0.1, -0.05) is 41.1 Å². The molecule has 0 aliphatic carbocycles. The summed E-state index contributed by atoms with van der Waals surface area (Å²) in [6.45, 7) is 4.51. The lowest BCUT2D eigenvalue weighted by molar-refractivity contribution is -0.127. The lowest BCUT2D eigenvalue weighted by Gasteiger charge is -2.16. The number of thioether (sulfide) groups is 1. The van der Waals surface area contributed by atoms with Gasteiger partial charge in [-0.15, -0.1) is 21.5 Å². The third-order valence-electron chi connectivity index (χ3n) is 3.86. The number of hydrogen-bond donors (Lipinski definition) is 0. The average Bonchev–Trinajstić information content (AvgIpc) is 3.19. The van der Waals surface area contributed by atoms with Gasteiger partial charge in [-0.3, -0.25) is 9.36 Å². The molecule has 1 amide bonds. The van der Waals surface area contributed by atoms with Crippen LogP contribution in [0.15, 0.2) is 41.6 Å². The maximum absolute atomic E-state index is 12.4. The van der Waals surface area contributed by atoms with Gasteiger partial charge in [0, 0.05) is 17.6 Å². The Hall–Kier alpha value is -1.83. The summed E-state index contributed by atoms with van der Waals surface area (Å²) in [5, 5.41) is 9.10. The molecule has 0 saturated heterocycles. The summed E-state index contributed by atoms with van der Waals surface area (Å²) in [6, 6.07) is 12.0. The molecule has 5 nitrogen and oxygen atoms in total. The molecule has 3 aromatic rings. The van der Waals surface area contributed by atoms with Gasteiger partial charge in [-0.25, -0.2) is 0 Å². The Balaban J connectivity index is 1.66. The van der Waals surface area contributed by atoms with Crippen LogP contribution in [0.5, 0.6) is 0 Å². The van der Waals surface area contributed by atoms with Crippen LogP contribution >= 0.6 is 34.7 Å². The molecule has 2 heterocycles. The number of halogens is 1. The number of rotatable bonds is 6. The third kappa shape index (κ3) is 4.47. The van der Waals surface area contributed by atoms with Gasteiger partial charge in [0.1, 0.15) is 5.82 Å². The highest BCUT2D eigenvalue weighted by Gasteiger charge is 2.16. The maximum atomic E-state index is 12.4. The molecule has 1 aromatic carbocycles. The van der Waals surface area contributed by atoms with E-state index >= 15 is 0 Å². The fourth-order valence-electron chi connectivity index (χ4n) is 2.42. The minimum absolute atomic E-state index is 0.0376. The van der Waals surface area contributed by atoms with E-state index in [4.69, 9.17) is 11.6 Å². The summed E-state index contributed by atoms with van der Waals surface area (Å²) in [6.07, 6.45) is 0. The molecule has 0 spiro atoms. The van der Waals surface area contributed by atoms with Crippen LogP contribution in [0.1, 0.15) is 16.3 Å². The predicted molar refractivity (Wildman–Crippen MR) is 107 cm³/mol. The number of carbonyl (C=O) groups is 1. The Kier molecular flexibility index (Phi) is 6.01. The minimum atomic E-state index is 0.0376. The highest BCUT2D eigenvalue weighted by atomic mass is 35.5. The van der Waals surface area contributed by atoms with Crippen molar-refractivity contribution >= 4 is 40.6 Å². The van der Waals surface area contributed by atoms with Gasteiger partial charge in [0.15, 0.2) is 5.16 Å². The molecule has 3 rings (SSSR count). The van der Waals surface area contributed by atoms with Crippen LogP contribution in [-0.2, 0) is 11.3 Å². The van der Waals surface area contributed by atoms with Crippen LogP contribution in [0.25, 0.3) is 5.69 Å². The Labute approximate surface area is 166 Å². The normalized spacial score (nSPS) is 10.9. The largest absolute Gasteiger partial charge is 0.340 e. The number of aromatic nitrogens is 3. The maximum Gasteiger partial charge on any atom is 0.233 e. The summed E-state index contributed by atoms with van der Waals surface area (Å²) >= 11 is 8.83. The van der Waals surface area contributed by atoms with Crippen molar-refractivity contribution in [1.82, 2.24) is 19.7 Å². The lowest BCUT2D eigenvalue weighted by atomic mass is 10.2. The third-order valence-corrected chi connectivity index (χ3v) is 5.99. The van der Waals surface area contributed by atoms with Crippen LogP contribution in [0.4, 0.5) is 0 Å². The Morgan fingerprint density at radius 3 is 2.58 bits per heavy atom. The molecule has 0 aliphatic heterocycles. The first kappa shape index (κ1) is 18.9. The fourth-order valence-corrected chi connectivity index (χ4v) is 4.50. The second-order valence-corrected chi connectivity index (χ2v) is 8.69. The smallest absolute Gasteiger partial charge is 0.233 e. The van der Waals surface area contributed by atoms with Gasteiger partial charge in [0.2, 0.25) is 5.91 Å². The standard InChI is InChI=1S/C18H19ClN4OS2/c1-12-4-6-14(7-5-12)23-13(2)20-21-18(23)25-11-17(24)22(3)10-15-8-9-16(19)26-15/h4-9H,10-11H2,1-3H3. The van der Waals surface area contributed by atoms with Gasteiger partial charge in [0.25, 0.3) is 0 Å². The summed E-state index contributed by atoms with van der Waals surface area (Å²) in [7, 11) is 1.80. The van der Waals surface area contributed by atoms with E-state index in [1.165, 1.54) is 28.7 Å². The first-order valence-electron chi connectivity index (χ1n) is 8.04. The van der Waals surface area contributed by atoms with E-state index < -0.39 is 0 Å². The lowest BCUT2D eigenvalue weighted by Crippen LogP contribution is -2.27. The highest BCUT2D eigenvalue weighted by molar-refractivity contribution is 7.99. The van der Waals surface area contributed by atoms with E-state index in [1.807, 2.05) is 54.8 Å². The van der Waals surface area contributed by atoms with Crippen molar-refractivity contribution in [3.63, 3.8) is 0 Å². The first-order valence-corrected chi connectivity index (χ1v) is 10.2. The molecule has 0 aliphatic rings. The Morgan fingerprint density at radius 2 is 1.92 bits per heavy atom. The van der Waals surface area contributed by atoms with E-state index in [1.54, 1.807) is 11.9 Å². The van der Waals surface area contributed by atoms with Crippen molar-refractivity contribution in [2.75, 3.05) is 12.8 Å². The summed E-state index contributed by atoms with van der Waals surface area (Å²) in [5.74, 6) is 1.14. The molecule has 0 atom stereocenters. The fraction of sp³-hybridized carbons (Fsp3) is 0.278. The number of benzene rings is 1. The van der Waals surface area contributed by atoms with E-state index in [-0.39, 0.29) is 5.91 Å². The molecule has 0 radical (unpaired) electrons. The number of thiophene rings is 1. The molecule has 0 saturated carbocycles. The molecule has 0 bridgehead atoms. The summed E-state index contributed by atoms with van der Waals surface area (Å²) in [5.41, 5.74) is 2.19. The second kappa shape index (κ2) is 8.24. The topological polar surface area (TPSA) is 51.0 Å². The minimum Gasteiger partial charge on any atom is -0.340 e. The zero-order valence-electron chi connectivity index (χ0n) is 14.8. The van der Waals surface area contributed by atoms with E-state index in [0.717, 1.165) is 20.7 Å². The highest BCUT2D eigenvalue weighted by Crippen LogP contribution is 2.24. The SMILES string of the molecule is Cc1ccc(-n2c(C)nnc2SCC(=O)N(C)Cc2ccc(Cl)s2)cc1. The molecule has 8 heteroatoms. The molecule has 26 heavy (non-hydrogen) atoms. The number of hydrogen-bond acceptors (Lipinski definition) is 5. The predicted octanol–water partition coefficient (Wildman–Crippen LogP) is 4.35. The quantitative estimate of drug-likeness (QED) is 0.571. The van der Waals surface area contributed by atoms with Crippen molar-refractivity contribution in [2.24, 2.45) is 0 Å². The summed E-state index contributed by atoms with van der Waals surface area (Å²) in [4.78, 5) is 15.2. The van der Waals surface area contributed by atoms with Crippen molar-refractivity contribution in [2.45, 2.75) is 25.5 Å². The summed E-state index contributed by atoms with van der Waals surface area (Å²) < 4.78 is 2.70. The number of nitrogens with zero attached hydrogens (tertiary/aromatic N) is 4. The molecule has 0 unspecified atom stereocenters. The Bertz CT molecular complexity index is 904. The first-order chi connectivity index (χ1) is 12.4. The second-order valence-electron chi connectivity index (χ2n) is 5.95. The van der Waals surface area contributed by atoms with Crippen LogP contribution in [0.2, 0.25) is 4.34 Å². The monoisotopic (exact) mass is 406 g/mol. The van der Waals surface area contributed by atoms with Gasteiger partial charge in [0.05, 0.1) is 16.6 Å². The van der Waals surface area contributed by atoms with Crippen LogP contribution in [0.3, 0.4) is 0 Å². The zero-order valence-corrected chi connectivity index (χ0v) is 17.2. The zero-order chi connectivity index (χ0) is 18.7.